The van der Waals surface area contributed by atoms with Gasteiger partial charge in [0.15, 0.2) is 0 Å². The number of amides is 1. The number of aryl methyl sites for hydroxylation is 1. The normalized spacial score (nSPS) is 23.8. The number of carbonyl (C=O) groups is 1. The summed E-state index contributed by atoms with van der Waals surface area (Å²) in [5.74, 6) is 1.48. The summed E-state index contributed by atoms with van der Waals surface area (Å²) in [7, 11) is 0. The van der Waals surface area contributed by atoms with E-state index in [0.29, 0.717) is 0 Å². The van der Waals surface area contributed by atoms with E-state index in [0.717, 1.165) is 42.3 Å². The van der Waals surface area contributed by atoms with Gasteiger partial charge >= 0.3 is 0 Å². The Morgan fingerprint density at radius 2 is 2.24 bits per heavy atom. The van der Waals surface area contributed by atoms with E-state index in [1.165, 1.54) is 5.56 Å². The minimum atomic E-state index is 0.0674. The molecule has 1 aliphatic carbocycles. The van der Waals surface area contributed by atoms with E-state index in [9.17, 15) is 4.79 Å². The molecule has 3 nitrogen and oxygen atoms in total. The Kier molecular flexibility index (Phi) is 3.03. The van der Waals surface area contributed by atoms with Crippen molar-refractivity contribution in [1.82, 2.24) is 0 Å². The highest BCUT2D eigenvalue weighted by Gasteiger charge is 2.48. The Morgan fingerprint density at radius 3 is 3.05 bits per heavy atom. The molecule has 1 aromatic carbocycles. The van der Waals surface area contributed by atoms with Crippen molar-refractivity contribution in [3.05, 3.63) is 52.9 Å². The predicted molar refractivity (Wildman–Crippen MR) is 81.7 cm³/mol. The summed E-state index contributed by atoms with van der Waals surface area (Å²) >= 11 is 6.05. The van der Waals surface area contributed by atoms with Gasteiger partial charge in [0.1, 0.15) is 5.76 Å². The maximum Gasteiger partial charge on any atom is 0.230 e. The van der Waals surface area contributed by atoms with Gasteiger partial charge in [-0.1, -0.05) is 11.6 Å². The first-order valence-electron chi connectivity index (χ1n) is 7.37. The molecule has 2 aliphatic rings. The quantitative estimate of drug-likeness (QED) is 0.839. The van der Waals surface area contributed by atoms with Crippen LogP contribution in [0.25, 0.3) is 0 Å². The Bertz CT molecular complexity index is 680. The van der Waals surface area contributed by atoms with Crippen LogP contribution in [0.3, 0.4) is 0 Å². The van der Waals surface area contributed by atoms with Crippen LogP contribution in [0.2, 0.25) is 5.02 Å². The van der Waals surface area contributed by atoms with E-state index in [4.69, 9.17) is 16.0 Å². The second kappa shape index (κ2) is 4.92. The first kappa shape index (κ1) is 13.0. The number of carbonyl (C=O) groups excluding carboxylic acids is 1. The summed E-state index contributed by atoms with van der Waals surface area (Å²) in [6.45, 7) is 0.800. The molecule has 2 heterocycles. The smallest absolute Gasteiger partial charge is 0.230 e. The number of halogens is 1. The van der Waals surface area contributed by atoms with Crippen molar-refractivity contribution in [3.8, 4) is 0 Å². The molecule has 2 unspecified atom stereocenters. The molecule has 2 aromatic rings. The molecule has 1 aromatic heterocycles. The van der Waals surface area contributed by atoms with Crippen LogP contribution in [0.5, 0.6) is 0 Å². The number of fused-ring (bicyclic) bond motifs is 1. The molecule has 1 saturated carbocycles. The van der Waals surface area contributed by atoms with Gasteiger partial charge in [-0.3, -0.25) is 4.79 Å². The lowest BCUT2D eigenvalue weighted by Gasteiger charge is -2.30. The molecule has 0 radical (unpaired) electrons. The van der Waals surface area contributed by atoms with Crippen molar-refractivity contribution in [2.75, 3.05) is 11.4 Å². The Hall–Kier alpha value is -1.74. The number of hydrogen-bond acceptors (Lipinski definition) is 2. The molecular formula is C17H16ClNO2. The number of rotatable bonds is 2. The minimum absolute atomic E-state index is 0.0674. The summed E-state index contributed by atoms with van der Waals surface area (Å²) in [6.07, 6.45) is 4.56. The minimum Gasteiger partial charge on any atom is -0.469 e. The number of anilines is 1. The molecule has 1 amide bonds. The van der Waals surface area contributed by atoms with Crippen LogP contribution < -0.4 is 4.90 Å². The van der Waals surface area contributed by atoms with Crippen LogP contribution >= 0.6 is 11.6 Å². The van der Waals surface area contributed by atoms with Gasteiger partial charge in [-0.05, 0) is 55.2 Å². The van der Waals surface area contributed by atoms with E-state index in [-0.39, 0.29) is 17.7 Å². The summed E-state index contributed by atoms with van der Waals surface area (Å²) in [6, 6.07) is 9.66. The van der Waals surface area contributed by atoms with Gasteiger partial charge in [-0.2, -0.15) is 0 Å². The molecule has 1 fully saturated rings. The van der Waals surface area contributed by atoms with E-state index in [1.54, 1.807) is 6.26 Å². The zero-order valence-electron chi connectivity index (χ0n) is 11.6. The highest BCUT2D eigenvalue weighted by atomic mass is 35.5. The Labute approximate surface area is 128 Å². The van der Waals surface area contributed by atoms with Crippen LogP contribution in [0.4, 0.5) is 5.69 Å². The lowest BCUT2D eigenvalue weighted by atomic mass is 10.0. The standard InChI is InChI=1S/C17H16ClNO2/c18-12-5-6-15-11(9-12)3-1-7-19(15)17(20)14-10-13(14)16-4-2-8-21-16/h2,4-6,8-9,13-14H,1,3,7,10H2. The highest BCUT2D eigenvalue weighted by Crippen LogP contribution is 2.49. The SMILES string of the molecule is O=C(C1CC1c1ccco1)N1CCCc2cc(Cl)ccc21. The van der Waals surface area contributed by atoms with Crippen molar-refractivity contribution in [2.24, 2.45) is 5.92 Å². The van der Waals surface area contributed by atoms with Gasteiger partial charge in [0, 0.05) is 29.1 Å². The van der Waals surface area contributed by atoms with Crippen molar-refractivity contribution in [3.63, 3.8) is 0 Å². The number of nitrogens with zero attached hydrogens (tertiary/aromatic N) is 1. The highest BCUT2D eigenvalue weighted by molar-refractivity contribution is 6.30. The van der Waals surface area contributed by atoms with Gasteiger partial charge < -0.3 is 9.32 Å². The van der Waals surface area contributed by atoms with Crippen LogP contribution in [0.1, 0.15) is 30.1 Å². The first-order valence-corrected chi connectivity index (χ1v) is 7.75. The lowest BCUT2D eigenvalue weighted by molar-refractivity contribution is -0.120. The van der Waals surface area contributed by atoms with E-state index in [1.807, 2.05) is 35.2 Å². The van der Waals surface area contributed by atoms with Crippen molar-refractivity contribution < 1.29 is 9.21 Å². The Balaban J connectivity index is 1.57. The largest absolute Gasteiger partial charge is 0.469 e. The fourth-order valence-corrected chi connectivity index (χ4v) is 3.47. The van der Waals surface area contributed by atoms with Crippen molar-refractivity contribution in [2.45, 2.75) is 25.2 Å². The fraction of sp³-hybridized carbons (Fsp3) is 0.353. The molecule has 0 bridgehead atoms. The summed E-state index contributed by atoms with van der Waals surface area (Å²) in [5, 5.41) is 0.739. The molecule has 2 atom stereocenters. The van der Waals surface area contributed by atoms with Gasteiger partial charge in [-0.25, -0.2) is 0 Å². The molecule has 4 heteroatoms. The van der Waals surface area contributed by atoms with E-state index < -0.39 is 0 Å². The van der Waals surface area contributed by atoms with Crippen LogP contribution in [0.15, 0.2) is 41.0 Å². The third-order valence-electron chi connectivity index (χ3n) is 4.44. The second-order valence-electron chi connectivity index (χ2n) is 5.83. The van der Waals surface area contributed by atoms with Crippen molar-refractivity contribution in [1.29, 1.82) is 0 Å². The van der Waals surface area contributed by atoms with Crippen LogP contribution in [0, 0.1) is 5.92 Å². The summed E-state index contributed by atoms with van der Waals surface area (Å²) in [5.41, 5.74) is 2.21. The molecule has 1 aliphatic heterocycles. The predicted octanol–water partition coefficient (Wildman–Crippen LogP) is 4.02. The summed E-state index contributed by atoms with van der Waals surface area (Å²) in [4.78, 5) is 14.7. The van der Waals surface area contributed by atoms with Crippen LogP contribution in [-0.4, -0.2) is 12.5 Å². The summed E-state index contributed by atoms with van der Waals surface area (Å²) < 4.78 is 5.42. The molecular weight excluding hydrogens is 286 g/mol. The second-order valence-corrected chi connectivity index (χ2v) is 6.27. The van der Waals surface area contributed by atoms with Crippen molar-refractivity contribution >= 4 is 23.2 Å². The molecule has 0 saturated heterocycles. The maximum absolute atomic E-state index is 12.8. The van der Waals surface area contributed by atoms with Gasteiger partial charge in [-0.15, -0.1) is 0 Å². The van der Waals surface area contributed by atoms with E-state index >= 15 is 0 Å². The fourth-order valence-electron chi connectivity index (χ4n) is 3.28. The van der Waals surface area contributed by atoms with Crippen LogP contribution in [-0.2, 0) is 11.2 Å². The topological polar surface area (TPSA) is 33.5 Å². The number of hydrogen-bond donors (Lipinski definition) is 0. The van der Waals surface area contributed by atoms with Gasteiger partial charge in [0.25, 0.3) is 0 Å². The molecule has 4 rings (SSSR count). The molecule has 0 N–H and O–H groups in total. The average Bonchev–Trinajstić information content (AvgIpc) is 3.11. The van der Waals surface area contributed by atoms with Gasteiger partial charge in [0.05, 0.1) is 6.26 Å². The number of benzene rings is 1. The zero-order valence-corrected chi connectivity index (χ0v) is 12.3. The van der Waals surface area contributed by atoms with Gasteiger partial charge in [0.2, 0.25) is 5.91 Å². The average molecular weight is 302 g/mol. The zero-order chi connectivity index (χ0) is 14.4. The molecule has 21 heavy (non-hydrogen) atoms. The molecule has 108 valence electrons. The Morgan fingerprint density at radius 1 is 1.33 bits per heavy atom. The molecule has 0 spiro atoms. The third kappa shape index (κ3) is 2.26. The third-order valence-corrected chi connectivity index (χ3v) is 4.68. The first-order chi connectivity index (χ1) is 10.2. The monoisotopic (exact) mass is 301 g/mol. The lowest BCUT2D eigenvalue weighted by Crippen LogP contribution is -2.36. The van der Waals surface area contributed by atoms with E-state index in [2.05, 4.69) is 0 Å². The maximum atomic E-state index is 12.8. The number of furan rings is 1.